The molecule has 0 radical (unpaired) electrons. The van der Waals surface area contributed by atoms with Gasteiger partial charge in [-0.1, -0.05) is 27.7 Å². The predicted octanol–water partition coefficient (Wildman–Crippen LogP) is 2.80. The number of nitrogens with two attached hydrogens (primary N) is 1. The molecule has 1 aliphatic rings. The molecule has 0 aromatic carbocycles. The summed E-state index contributed by atoms with van der Waals surface area (Å²) in [5.74, 6) is 1.61. The first-order valence-electron chi connectivity index (χ1n) is 5.17. The molecule has 1 nitrogen and oxygen atoms in total. The Labute approximate surface area is 76.7 Å². The van der Waals surface area contributed by atoms with E-state index in [1.54, 1.807) is 0 Å². The lowest BCUT2D eigenvalue weighted by Crippen LogP contribution is -2.38. The second kappa shape index (κ2) is 3.37. The number of hydrogen-bond acceptors (Lipinski definition) is 1. The Morgan fingerprint density at radius 1 is 1.17 bits per heavy atom. The third-order valence-corrected chi connectivity index (χ3v) is 3.46. The Morgan fingerprint density at radius 3 is 2.17 bits per heavy atom. The Morgan fingerprint density at radius 2 is 1.75 bits per heavy atom. The maximum atomic E-state index is 5.98. The molecule has 72 valence electrons. The molecule has 0 aromatic rings. The molecule has 0 bridgehead atoms. The first kappa shape index (κ1) is 10.0. The van der Waals surface area contributed by atoms with Crippen molar-refractivity contribution in [3.05, 3.63) is 0 Å². The van der Waals surface area contributed by atoms with Crippen LogP contribution in [-0.2, 0) is 0 Å². The van der Waals surface area contributed by atoms with E-state index in [1.807, 2.05) is 0 Å². The summed E-state index contributed by atoms with van der Waals surface area (Å²) < 4.78 is 0. The highest BCUT2D eigenvalue weighted by molar-refractivity contribution is 4.85. The molecule has 1 heteroatoms. The highest BCUT2D eigenvalue weighted by Gasteiger charge is 2.31. The van der Waals surface area contributed by atoms with Crippen molar-refractivity contribution < 1.29 is 0 Å². The lowest BCUT2D eigenvalue weighted by Gasteiger charge is -2.39. The van der Waals surface area contributed by atoms with Crippen LogP contribution >= 0.6 is 0 Å². The first-order chi connectivity index (χ1) is 5.41. The minimum Gasteiger partial charge on any atom is -0.327 e. The molecule has 1 unspecified atom stereocenters. The fraction of sp³-hybridized carbons (Fsp3) is 1.00. The SMILES string of the molecule is CC1C[C@H](C(C)(C)C)CC[C@@H]1N. The summed E-state index contributed by atoms with van der Waals surface area (Å²) in [5, 5.41) is 0. The van der Waals surface area contributed by atoms with Crippen molar-refractivity contribution in [1.82, 2.24) is 0 Å². The fourth-order valence-electron chi connectivity index (χ4n) is 2.21. The van der Waals surface area contributed by atoms with Crippen LogP contribution in [0.3, 0.4) is 0 Å². The third-order valence-electron chi connectivity index (χ3n) is 3.46. The van der Waals surface area contributed by atoms with Crippen molar-refractivity contribution in [3.63, 3.8) is 0 Å². The number of hydrogen-bond donors (Lipinski definition) is 1. The van der Waals surface area contributed by atoms with Crippen LogP contribution in [0.15, 0.2) is 0 Å². The van der Waals surface area contributed by atoms with Gasteiger partial charge in [0, 0.05) is 6.04 Å². The summed E-state index contributed by atoms with van der Waals surface area (Å²) in [6.45, 7) is 9.34. The molecule has 3 atom stereocenters. The van der Waals surface area contributed by atoms with Gasteiger partial charge in [-0.25, -0.2) is 0 Å². The second-order valence-corrected chi connectivity index (χ2v) is 5.52. The molecule has 1 rings (SSSR count). The fourth-order valence-corrected chi connectivity index (χ4v) is 2.21. The van der Waals surface area contributed by atoms with Crippen LogP contribution in [0.4, 0.5) is 0 Å². The topological polar surface area (TPSA) is 26.0 Å². The minimum absolute atomic E-state index is 0.462. The van der Waals surface area contributed by atoms with E-state index in [2.05, 4.69) is 27.7 Å². The van der Waals surface area contributed by atoms with Crippen LogP contribution in [0.25, 0.3) is 0 Å². The zero-order valence-electron chi connectivity index (χ0n) is 8.93. The molecule has 0 aliphatic heterocycles. The largest absolute Gasteiger partial charge is 0.327 e. The van der Waals surface area contributed by atoms with E-state index >= 15 is 0 Å². The van der Waals surface area contributed by atoms with Crippen molar-refractivity contribution in [2.45, 2.75) is 53.0 Å². The Bertz CT molecular complexity index is 146. The van der Waals surface area contributed by atoms with Gasteiger partial charge in [0.2, 0.25) is 0 Å². The van der Waals surface area contributed by atoms with Gasteiger partial charge in [-0.15, -0.1) is 0 Å². The Kier molecular flexibility index (Phi) is 2.82. The standard InChI is InChI=1S/C11H23N/c1-8-7-9(11(2,3)4)5-6-10(8)12/h8-10H,5-7,12H2,1-4H3/t8?,9-,10+/m1/s1. The van der Waals surface area contributed by atoms with Crippen molar-refractivity contribution in [1.29, 1.82) is 0 Å². The minimum atomic E-state index is 0.462. The van der Waals surface area contributed by atoms with Crippen molar-refractivity contribution in [2.75, 3.05) is 0 Å². The van der Waals surface area contributed by atoms with Crippen LogP contribution < -0.4 is 5.73 Å². The Balaban J connectivity index is 2.51. The average Bonchev–Trinajstić information content (AvgIpc) is 1.92. The molecule has 0 spiro atoms. The van der Waals surface area contributed by atoms with E-state index in [0.29, 0.717) is 11.5 Å². The highest BCUT2D eigenvalue weighted by atomic mass is 14.7. The van der Waals surface area contributed by atoms with Gasteiger partial charge in [0.05, 0.1) is 0 Å². The highest BCUT2D eigenvalue weighted by Crippen LogP contribution is 2.39. The zero-order valence-corrected chi connectivity index (χ0v) is 8.93. The van der Waals surface area contributed by atoms with Crippen molar-refractivity contribution in [3.8, 4) is 0 Å². The van der Waals surface area contributed by atoms with E-state index in [1.165, 1.54) is 19.3 Å². The normalized spacial score (nSPS) is 38.2. The van der Waals surface area contributed by atoms with Gasteiger partial charge in [-0.05, 0) is 36.5 Å². The molecule has 0 heterocycles. The molecular formula is C11H23N. The predicted molar refractivity (Wildman–Crippen MR) is 53.9 cm³/mol. The van der Waals surface area contributed by atoms with Gasteiger partial charge in [0.1, 0.15) is 0 Å². The van der Waals surface area contributed by atoms with E-state index in [-0.39, 0.29) is 0 Å². The molecule has 12 heavy (non-hydrogen) atoms. The van der Waals surface area contributed by atoms with Gasteiger partial charge in [0.15, 0.2) is 0 Å². The maximum Gasteiger partial charge on any atom is 0.00647 e. The summed E-state index contributed by atoms with van der Waals surface area (Å²) in [4.78, 5) is 0. The molecule has 0 aromatic heterocycles. The molecule has 2 N–H and O–H groups in total. The lowest BCUT2D eigenvalue weighted by atomic mass is 9.68. The molecule has 1 saturated carbocycles. The van der Waals surface area contributed by atoms with Gasteiger partial charge in [-0.3, -0.25) is 0 Å². The summed E-state index contributed by atoms with van der Waals surface area (Å²) in [5.41, 5.74) is 6.46. The zero-order chi connectivity index (χ0) is 9.35. The molecule has 0 amide bonds. The van der Waals surface area contributed by atoms with E-state index in [4.69, 9.17) is 5.73 Å². The first-order valence-corrected chi connectivity index (χ1v) is 5.17. The van der Waals surface area contributed by atoms with Crippen LogP contribution in [0.5, 0.6) is 0 Å². The number of rotatable bonds is 0. The summed E-state index contributed by atoms with van der Waals surface area (Å²) in [7, 11) is 0. The van der Waals surface area contributed by atoms with Gasteiger partial charge in [-0.2, -0.15) is 0 Å². The van der Waals surface area contributed by atoms with E-state index in [9.17, 15) is 0 Å². The maximum absolute atomic E-state index is 5.98. The Hall–Kier alpha value is -0.0400. The van der Waals surface area contributed by atoms with Gasteiger partial charge >= 0.3 is 0 Å². The summed E-state index contributed by atoms with van der Waals surface area (Å²) in [6, 6.07) is 0.462. The van der Waals surface area contributed by atoms with Gasteiger partial charge < -0.3 is 5.73 Å². The third kappa shape index (κ3) is 2.22. The summed E-state index contributed by atoms with van der Waals surface area (Å²) in [6.07, 6.45) is 3.88. The average molecular weight is 169 g/mol. The van der Waals surface area contributed by atoms with E-state index in [0.717, 1.165) is 11.8 Å². The molecule has 1 aliphatic carbocycles. The van der Waals surface area contributed by atoms with Crippen LogP contribution in [0.2, 0.25) is 0 Å². The van der Waals surface area contributed by atoms with Crippen LogP contribution in [0, 0.1) is 17.3 Å². The second-order valence-electron chi connectivity index (χ2n) is 5.52. The quantitative estimate of drug-likeness (QED) is 0.593. The molecular weight excluding hydrogens is 146 g/mol. The smallest absolute Gasteiger partial charge is 0.00647 e. The lowest BCUT2D eigenvalue weighted by molar-refractivity contribution is 0.134. The van der Waals surface area contributed by atoms with Crippen molar-refractivity contribution >= 4 is 0 Å². The molecule has 1 fully saturated rings. The van der Waals surface area contributed by atoms with Crippen molar-refractivity contribution in [2.24, 2.45) is 23.0 Å². The summed E-state index contributed by atoms with van der Waals surface area (Å²) >= 11 is 0. The van der Waals surface area contributed by atoms with Crippen LogP contribution in [-0.4, -0.2) is 6.04 Å². The van der Waals surface area contributed by atoms with Gasteiger partial charge in [0.25, 0.3) is 0 Å². The van der Waals surface area contributed by atoms with Crippen LogP contribution in [0.1, 0.15) is 47.0 Å². The molecule has 0 saturated heterocycles. The van der Waals surface area contributed by atoms with E-state index < -0.39 is 0 Å². The monoisotopic (exact) mass is 169 g/mol.